The molecule has 0 radical (unpaired) electrons. The van der Waals surface area contributed by atoms with Gasteiger partial charge >= 0.3 is 0 Å². The van der Waals surface area contributed by atoms with Crippen LogP contribution < -0.4 is 0 Å². The van der Waals surface area contributed by atoms with E-state index in [0.717, 1.165) is 0 Å². The van der Waals surface area contributed by atoms with Gasteiger partial charge in [0, 0.05) is 0 Å². The Labute approximate surface area is 119 Å². The standard InChI is InChI=1S/C20H16/c1-2-4-19-13-15(7-9-17(19)3-1)5-6-16-8-10-18-11-12-20(18)14-16/h1-10,13-14H,11-12H2. The minimum absolute atomic E-state index is 1.24. The number of aryl methyl sites for hydroxylation is 2. The molecule has 20 heavy (non-hydrogen) atoms. The van der Waals surface area contributed by atoms with Gasteiger partial charge in [0.05, 0.1) is 0 Å². The molecule has 4 rings (SSSR count). The topological polar surface area (TPSA) is 0 Å². The second kappa shape index (κ2) is 4.64. The number of rotatable bonds is 2. The van der Waals surface area contributed by atoms with Gasteiger partial charge in [0.2, 0.25) is 0 Å². The van der Waals surface area contributed by atoms with Crippen LogP contribution in [0.4, 0.5) is 0 Å². The predicted octanol–water partition coefficient (Wildman–Crippen LogP) is 5.11. The van der Waals surface area contributed by atoms with Gasteiger partial charge in [0.25, 0.3) is 0 Å². The molecule has 1 aliphatic carbocycles. The molecule has 0 aliphatic heterocycles. The largest absolute Gasteiger partial charge is 0.0616 e. The molecule has 0 heterocycles. The molecule has 0 bridgehead atoms. The highest BCUT2D eigenvalue weighted by molar-refractivity contribution is 5.86. The van der Waals surface area contributed by atoms with Crippen molar-refractivity contribution in [3.8, 4) is 0 Å². The Morgan fingerprint density at radius 3 is 2.05 bits per heavy atom. The van der Waals surface area contributed by atoms with Crippen molar-refractivity contribution in [3.05, 3.63) is 82.9 Å². The van der Waals surface area contributed by atoms with E-state index in [1.54, 1.807) is 0 Å². The van der Waals surface area contributed by atoms with E-state index in [1.165, 1.54) is 45.9 Å². The van der Waals surface area contributed by atoms with Crippen molar-refractivity contribution in [2.75, 3.05) is 0 Å². The summed E-state index contributed by atoms with van der Waals surface area (Å²) < 4.78 is 0. The van der Waals surface area contributed by atoms with Crippen LogP contribution in [-0.4, -0.2) is 0 Å². The van der Waals surface area contributed by atoms with Gasteiger partial charge < -0.3 is 0 Å². The first kappa shape index (κ1) is 11.5. The molecule has 3 aromatic carbocycles. The molecule has 0 heteroatoms. The summed E-state index contributed by atoms with van der Waals surface area (Å²) in [4.78, 5) is 0. The van der Waals surface area contributed by atoms with Gasteiger partial charge in [-0.15, -0.1) is 0 Å². The molecule has 0 saturated carbocycles. The summed E-state index contributed by atoms with van der Waals surface area (Å²) in [5.41, 5.74) is 5.60. The SMILES string of the molecule is C(=Cc1ccc2ccccc2c1)c1ccc2c(c1)CC2. The molecule has 0 spiro atoms. The molecule has 3 aromatic rings. The Kier molecular flexibility index (Phi) is 2.67. The van der Waals surface area contributed by atoms with Crippen LogP contribution in [0.1, 0.15) is 22.3 Å². The van der Waals surface area contributed by atoms with Crippen molar-refractivity contribution in [1.29, 1.82) is 0 Å². The van der Waals surface area contributed by atoms with Crippen LogP contribution in [0.2, 0.25) is 0 Å². The van der Waals surface area contributed by atoms with Crippen LogP contribution in [0.15, 0.2) is 60.7 Å². The van der Waals surface area contributed by atoms with Gasteiger partial charge in [-0.3, -0.25) is 0 Å². The first-order valence-electron chi connectivity index (χ1n) is 7.17. The summed E-state index contributed by atoms with van der Waals surface area (Å²) >= 11 is 0. The highest BCUT2D eigenvalue weighted by Crippen LogP contribution is 2.24. The molecular weight excluding hydrogens is 240 g/mol. The average molecular weight is 256 g/mol. The third-order valence-electron chi connectivity index (χ3n) is 4.14. The van der Waals surface area contributed by atoms with Crippen molar-refractivity contribution < 1.29 is 0 Å². The zero-order chi connectivity index (χ0) is 13.4. The first-order chi connectivity index (χ1) is 9.88. The van der Waals surface area contributed by atoms with Crippen molar-refractivity contribution in [1.82, 2.24) is 0 Å². The van der Waals surface area contributed by atoms with Crippen LogP contribution in [0.25, 0.3) is 22.9 Å². The van der Waals surface area contributed by atoms with Crippen LogP contribution in [0.3, 0.4) is 0 Å². The van der Waals surface area contributed by atoms with E-state index in [1.807, 2.05) is 0 Å². The second-order valence-corrected chi connectivity index (χ2v) is 5.47. The summed E-state index contributed by atoms with van der Waals surface area (Å²) in [7, 11) is 0. The summed E-state index contributed by atoms with van der Waals surface area (Å²) in [5.74, 6) is 0. The fraction of sp³-hybridized carbons (Fsp3) is 0.100. The van der Waals surface area contributed by atoms with Crippen molar-refractivity contribution in [3.63, 3.8) is 0 Å². The Hall–Kier alpha value is -2.34. The fourth-order valence-electron chi connectivity index (χ4n) is 2.82. The van der Waals surface area contributed by atoms with Gasteiger partial charge in [-0.05, 0) is 51.9 Å². The Morgan fingerprint density at radius 1 is 0.600 bits per heavy atom. The van der Waals surface area contributed by atoms with Crippen molar-refractivity contribution in [2.45, 2.75) is 12.8 Å². The summed E-state index contributed by atoms with van der Waals surface area (Å²) in [6.45, 7) is 0. The molecule has 1 aliphatic rings. The predicted molar refractivity (Wildman–Crippen MR) is 86.7 cm³/mol. The molecule has 0 aromatic heterocycles. The van der Waals surface area contributed by atoms with E-state index < -0.39 is 0 Å². The maximum absolute atomic E-state index is 2.32. The van der Waals surface area contributed by atoms with Crippen LogP contribution in [0, 0.1) is 0 Å². The molecular formula is C20H16. The van der Waals surface area contributed by atoms with Crippen molar-refractivity contribution >= 4 is 22.9 Å². The van der Waals surface area contributed by atoms with E-state index in [2.05, 4.69) is 72.8 Å². The first-order valence-corrected chi connectivity index (χ1v) is 7.17. The molecule has 96 valence electrons. The third-order valence-corrected chi connectivity index (χ3v) is 4.14. The lowest BCUT2D eigenvalue weighted by Crippen LogP contribution is -2.07. The van der Waals surface area contributed by atoms with E-state index in [4.69, 9.17) is 0 Å². The Bertz CT molecular complexity index is 809. The van der Waals surface area contributed by atoms with Crippen LogP contribution >= 0.6 is 0 Å². The number of hydrogen-bond acceptors (Lipinski definition) is 0. The third kappa shape index (κ3) is 2.04. The molecule has 0 unspecified atom stereocenters. The fourth-order valence-corrected chi connectivity index (χ4v) is 2.82. The highest BCUT2D eigenvalue weighted by atomic mass is 14.2. The molecule has 0 nitrogen and oxygen atoms in total. The zero-order valence-electron chi connectivity index (χ0n) is 11.3. The minimum atomic E-state index is 1.24. The molecule has 0 saturated heterocycles. The molecule has 0 fully saturated rings. The second-order valence-electron chi connectivity index (χ2n) is 5.47. The smallest absolute Gasteiger partial charge is 0.0178 e. The summed E-state index contributed by atoms with van der Waals surface area (Å²) in [6.07, 6.45) is 6.91. The van der Waals surface area contributed by atoms with Crippen LogP contribution in [-0.2, 0) is 12.8 Å². The molecule has 0 N–H and O–H groups in total. The van der Waals surface area contributed by atoms with E-state index in [9.17, 15) is 0 Å². The number of hydrogen-bond donors (Lipinski definition) is 0. The van der Waals surface area contributed by atoms with E-state index >= 15 is 0 Å². The lowest BCUT2D eigenvalue weighted by molar-refractivity contribution is 0.839. The van der Waals surface area contributed by atoms with Gasteiger partial charge in [0.15, 0.2) is 0 Å². The lowest BCUT2D eigenvalue weighted by Gasteiger charge is -2.18. The maximum atomic E-state index is 2.32. The van der Waals surface area contributed by atoms with Crippen LogP contribution in [0.5, 0.6) is 0 Å². The minimum Gasteiger partial charge on any atom is -0.0616 e. The van der Waals surface area contributed by atoms with Gasteiger partial charge in [-0.1, -0.05) is 66.7 Å². The van der Waals surface area contributed by atoms with Gasteiger partial charge in [-0.25, -0.2) is 0 Å². The number of fused-ring (bicyclic) bond motifs is 2. The van der Waals surface area contributed by atoms with Gasteiger partial charge in [0.1, 0.15) is 0 Å². The summed E-state index contributed by atoms with van der Waals surface area (Å²) in [6, 6.07) is 21.9. The van der Waals surface area contributed by atoms with E-state index in [0.29, 0.717) is 0 Å². The highest BCUT2D eigenvalue weighted by Gasteiger charge is 2.11. The lowest BCUT2D eigenvalue weighted by atomic mass is 9.87. The monoisotopic (exact) mass is 256 g/mol. The molecule has 0 atom stereocenters. The zero-order valence-corrected chi connectivity index (χ0v) is 11.3. The van der Waals surface area contributed by atoms with E-state index in [-0.39, 0.29) is 0 Å². The maximum Gasteiger partial charge on any atom is -0.0178 e. The molecule has 0 amide bonds. The normalized spacial score (nSPS) is 13.4. The summed E-state index contributed by atoms with van der Waals surface area (Å²) in [5, 5.41) is 2.59. The average Bonchev–Trinajstić information content (AvgIpc) is 2.47. The Morgan fingerprint density at radius 2 is 1.30 bits per heavy atom. The van der Waals surface area contributed by atoms with Crippen molar-refractivity contribution in [2.24, 2.45) is 0 Å². The quantitative estimate of drug-likeness (QED) is 0.559. The number of benzene rings is 3. The van der Waals surface area contributed by atoms with Gasteiger partial charge in [-0.2, -0.15) is 0 Å². The Balaban J connectivity index is 1.65.